The monoisotopic (exact) mass is 184 g/mol. The lowest BCUT2D eigenvalue weighted by atomic mass is 10.2. The van der Waals surface area contributed by atoms with Crippen LogP contribution in [0.1, 0.15) is 40.5 Å². The van der Waals surface area contributed by atoms with Gasteiger partial charge in [0.15, 0.2) is 0 Å². The van der Waals surface area contributed by atoms with E-state index in [0.29, 0.717) is 5.90 Å². The summed E-state index contributed by atoms with van der Waals surface area (Å²) in [6.07, 6.45) is 1.46. The van der Waals surface area contributed by atoms with Gasteiger partial charge in [0.05, 0.1) is 0 Å². The predicted molar refractivity (Wildman–Crippen MR) is 50.0 cm³/mol. The molecule has 13 heavy (non-hydrogen) atoms. The molecule has 4 heteroatoms. The first-order valence-corrected chi connectivity index (χ1v) is 4.60. The molecule has 0 radical (unpaired) electrons. The lowest BCUT2D eigenvalue weighted by molar-refractivity contribution is -0.145. The highest BCUT2D eigenvalue weighted by Crippen LogP contribution is 2.28. The third-order valence-corrected chi connectivity index (χ3v) is 2.25. The summed E-state index contributed by atoms with van der Waals surface area (Å²) in [4.78, 5) is 11.2. The van der Waals surface area contributed by atoms with Crippen molar-refractivity contribution in [2.75, 3.05) is 0 Å². The zero-order valence-corrected chi connectivity index (χ0v) is 8.63. The van der Waals surface area contributed by atoms with Crippen LogP contribution >= 0.6 is 0 Å². The standard InChI is InChI=1S/C9H16N2O2/c1-5-8-10-11(7(3)12)9(4,6-2)13-8/h5-6H2,1-4H3. The first-order valence-electron chi connectivity index (χ1n) is 4.60. The quantitative estimate of drug-likeness (QED) is 0.655. The molecule has 0 fully saturated rings. The predicted octanol–water partition coefficient (Wildman–Crippen LogP) is 1.71. The van der Waals surface area contributed by atoms with Gasteiger partial charge in [0.2, 0.25) is 17.5 Å². The number of hydrazone groups is 1. The molecule has 0 saturated carbocycles. The van der Waals surface area contributed by atoms with E-state index in [-0.39, 0.29) is 5.91 Å². The van der Waals surface area contributed by atoms with Crippen molar-refractivity contribution in [3.05, 3.63) is 0 Å². The van der Waals surface area contributed by atoms with E-state index in [9.17, 15) is 4.79 Å². The topological polar surface area (TPSA) is 41.9 Å². The highest BCUT2D eigenvalue weighted by molar-refractivity contribution is 5.82. The Morgan fingerprint density at radius 3 is 2.54 bits per heavy atom. The number of ether oxygens (including phenoxy) is 1. The summed E-state index contributed by atoms with van der Waals surface area (Å²) in [6, 6.07) is 0. The average molecular weight is 184 g/mol. The van der Waals surface area contributed by atoms with Gasteiger partial charge in [-0.15, -0.1) is 5.10 Å². The molecule has 1 aliphatic rings. The van der Waals surface area contributed by atoms with E-state index in [4.69, 9.17) is 4.74 Å². The molecule has 1 unspecified atom stereocenters. The Balaban J connectivity index is 2.88. The van der Waals surface area contributed by atoms with Gasteiger partial charge in [-0.2, -0.15) is 5.01 Å². The van der Waals surface area contributed by atoms with Crippen LogP contribution in [0.3, 0.4) is 0 Å². The maximum absolute atomic E-state index is 11.2. The van der Waals surface area contributed by atoms with E-state index in [1.165, 1.54) is 11.9 Å². The molecule has 1 amide bonds. The van der Waals surface area contributed by atoms with Crippen LogP contribution in [0, 0.1) is 0 Å². The van der Waals surface area contributed by atoms with Crippen molar-refractivity contribution in [2.45, 2.75) is 46.3 Å². The summed E-state index contributed by atoms with van der Waals surface area (Å²) in [7, 11) is 0. The van der Waals surface area contributed by atoms with Crippen molar-refractivity contribution >= 4 is 11.8 Å². The van der Waals surface area contributed by atoms with Crippen molar-refractivity contribution in [3.8, 4) is 0 Å². The Morgan fingerprint density at radius 1 is 1.62 bits per heavy atom. The molecule has 1 aliphatic heterocycles. The van der Waals surface area contributed by atoms with Gasteiger partial charge < -0.3 is 4.74 Å². The van der Waals surface area contributed by atoms with Gasteiger partial charge in [0.1, 0.15) is 0 Å². The Kier molecular flexibility index (Phi) is 2.59. The molecular weight excluding hydrogens is 168 g/mol. The summed E-state index contributed by atoms with van der Waals surface area (Å²) >= 11 is 0. The number of carbonyl (C=O) groups excluding carboxylic acids is 1. The number of amides is 1. The summed E-state index contributed by atoms with van der Waals surface area (Å²) < 4.78 is 5.58. The molecule has 1 atom stereocenters. The van der Waals surface area contributed by atoms with Crippen LogP contribution in [-0.4, -0.2) is 22.5 Å². The minimum atomic E-state index is -0.572. The van der Waals surface area contributed by atoms with Crippen LogP contribution in [0.25, 0.3) is 0 Å². The second kappa shape index (κ2) is 3.36. The van der Waals surface area contributed by atoms with Crippen LogP contribution in [-0.2, 0) is 9.53 Å². The van der Waals surface area contributed by atoms with Gasteiger partial charge in [-0.3, -0.25) is 4.79 Å². The SMILES string of the molecule is CCC1=NN(C(C)=O)C(C)(CC)O1. The molecule has 4 nitrogen and oxygen atoms in total. The third-order valence-electron chi connectivity index (χ3n) is 2.25. The van der Waals surface area contributed by atoms with Gasteiger partial charge in [-0.25, -0.2) is 0 Å². The van der Waals surface area contributed by atoms with Crippen LogP contribution < -0.4 is 0 Å². The molecule has 74 valence electrons. The summed E-state index contributed by atoms with van der Waals surface area (Å²) in [5.74, 6) is 0.562. The Labute approximate surface area is 78.6 Å². The normalized spacial score (nSPS) is 27.1. The zero-order chi connectivity index (χ0) is 10.1. The third kappa shape index (κ3) is 1.66. The molecule has 1 rings (SSSR count). The van der Waals surface area contributed by atoms with Gasteiger partial charge in [0.25, 0.3) is 0 Å². The lowest BCUT2D eigenvalue weighted by Crippen LogP contribution is -2.43. The van der Waals surface area contributed by atoms with E-state index in [1.807, 2.05) is 20.8 Å². The maximum Gasteiger partial charge on any atom is 0.243 e. The summed E-state index contributed by atoms with van der Waals surface area (Å²) in [5, 5.41) is 5.53. The second-order valence-corrected chi connectivity index (χ2v) is 3.31. The van der Waals surface area contributed by atoms with E-state index in [0.717, 1.165) is 12.8 Å². The fourth-order valence-electron chi connectivity index (χ4n) is 1.30. The lowest BCUT2D eigenvalue weighted by Gasteiger charge is -2.29. The Bertz CT molecular complexity index is 250. The molecule has 0 aliphatic carbocycles. The fourth-order valence-corrected chi connectivity index (χ4v) is 1.30. The molecule has 0 N–H and O–H groups in total. The minimum absolute atomic E-state index is 0.0761. The van der Waals surface area contributed by atoms with Gasteiger partial charge in [-0.05, 0) is 6.92 Å². The molecule has 1 heterocycles. The maximum atomic E-state index is 11.2. The van der Waals surface area contributed by atoms with E-state index in [2.05, 4.69) is 5.10 Å². The van der Waals surface area contributed by atoms with E-state index >= 15 is 0 Å². The van der Waals surface area contributed by atoms with E-state index in [1.54, 1.807) is 0 Å². The Hall–Kier alpha value is -1.06. The first kappa shape index (κ1) is 10.0. The number of rotatable bonds is 2. The highest BCUT2D eigenvalue weighted by atomic mass is 16.6. The van der Waals surface area contributed by atoms with Crippen molar-refractivity contribution < 1.29 is 9.53 Å². The van der Waals surface area contributed by atoms with Gasteiger partial charge >= 0.3 is 0 Å². The molecule has 0 saturated heterocycles. The van der Waals surface area contributed by atoms with Crippen molar-refractivity contribution in [3.63, 3.8) is 0 Å². The number of carbonyl (C=O) groups is 1. The van der Waals surface area contributed by atoms with Crippen LogP contribution in [0.2, 0.25) is 0 Å². The molecule has 0 spiro atoms. The molecule has 0 bridgehead atoms. The van der Waals surface area contributed by atoms with E-state index < -0.39 is 5.72 Å². The smallest absolute Gasteiger partial charge is 0.243 e. The van der Waals surface area contributed by atoms with Crippen molar-refractivity contribution in [1.29, 1.82) is 0 Å². The van der Waals surface area contributed by atoms with Crippen molar-refractivity contribution in [2.24, 2.45) is 5.10 Å². The summed E-state index contributed by atoms with van der Waals surface area (Å²) in [5.41, 5.74) is -0.572. The number of nitrogens with zero attached hydrogens (tertiary/aromatic N) is 2. The van der Waals surface area contributed by atoms with Crippen molar-refractivity contribution in [1.82, 2.24) is 5.01 Å². The minimum Gasteiger partial charge on any atom is -0.452 e. The van der Waals surface area contributed by atoms with Crippen LogP contribution in [0.15, 0.2) is 5.10 Å². The molecule has 0 aromatic carbocycles. The number of hydrogen-bond acceptors (Lipinski definition) is 3. The van der Waals surface area contributed by atoms with Gasteiger partial charge in [0, 0.05) is 19.8 Å². The average Bonchev–Trinajstić information content (AvgIpc) is 2.44. The zero-order valence-electron chi connectivity index (χ0n) is 8.63. The fraction of sp³-hybridized carbons (Fsp3) is 0.778. The highest BCUT2D eigenvalue weighted by Gasteiger charge is 2.40. The van der Waals surface area contributed by atoms with Crippen LogP contribution in [0.5, 0.6) is 0 Å². The largest absolute Gasteiger partial charge is 0.452 e. The molecule has 0 aromatic heterocycles. The molecular formula is C9H16N2O2. The number of hydrogen-bond donors (Lipinski definition) is 0. The Morgan fingerprint density at radius 2 is 2.23 bits per heavy atom. The summed E-state index contributed by atoms with van der Waals surface area (Å²) in [6.45, 7) is 7.31. The second-order valence-electron chi connectivity index (χ2n) is 3.31. The van der Waals surface area contributed by atoms with Gasteiger partial charge in [-0.1, -0.05) is 13.8 Å². The molecule has 0 aromatic rings. The van der Waals surface area contributed by atoms with Crippen LogP contribution in [0.4, 0.5) is 0 Å². The first-order chi connectivity index (χ1) is 6.03.